The topological polar surface area (TPSA) is 42.8 Å². The second-order valence-electron chi connectivity index (χ2n) is 4.40. The molecule has 4 nitrogen and oxygen atoms in total. The van der Waals surface area contributed by atoms with Crippen molar-refractivity contribution in [1.29, 1.82) is 0 Å². The number of nitrogens with one attached hydrogen (secondary N) is 1. The van der Waals surface area contributed by atoms with Crippen molar-refractivity contribution in [2.75, 3.05) is 19.6 Å². The highest BCUT2D eigenvalue weighted by Gasteiger charge is 2.25. The molecule has 0 aliphatic carbocycles. The lowest BCUT2D eigenvalue weighted by Crippen LogP contribution is -2.06. The molecule has 0 aliphatic rings. The van der Waals surface area contributed by atoms with E-state index in [1.807, 2.05) is 0 Å². The van der Waals surface area contributed by atoms with Gasteiger partial charge in [0.1, 0.15) is 5.69 Å². The first-order valence-corrected chi connectivity index (χ1v) is 6.43. The van der Waals surface area contributed by atoms with E-state index in [2.05, 4.69) is 5.10 Å². The van der Waals surface area contributed by atoms with Crippen molar-refractivity contribution in [1.82, 2.24) is 0 Å². The molecular weight excluding hydrogens is 335 g/mol. The number of para-hydroxylation sites is 1. The number of rotatable bonds is 5. The van der Waals surface area contributed by atoms with Gasteiger partial charge in [-0.3, -0.25) is 5.43 Å². The molecule has 2 aromatic carbocycles. The smallest absolute Gasteiger partial charge is 0.200 e. The molecule has 0 radical (unpaired) electrons. The Morgan fingerprint density at radius 2 is 1.46 bits per heavy atom. The number of benzene rings is 2. The number of methoxy groups -OCH3 is 2. The molecule has 9 heteroatoms. The van der Waals surface area contributed by atoms with E-state index < -0.39 is 34.8 Å². The number of anilines is 1. The number of nitrogens with zero attached hydrogens (tertiary/aromatic N) is 1. The minimum absolute atomic E-state index is 0.281. The van der Waals surface area contributed by atoms with Gasteiger partial charge in [0.2, 0.25) is 5.82 Å². The minimum atomic E-state index is -2.24. The highest BCUT2D eigenvalue weighted by Crippen LogP contribution is 2.30. The summed E-state index contributed by atoms with van der Waals surface area (Å²) in [6, 6.07) is 4.75. The summed E-state index contributed by atoms with van der Waals surface area (Å²) < 4.78 is 76.3. The van der Waals surface area contributed by atoms with Gasteiger partial charge in [-0.15, -0.1) is 0 Å². The monoisotopic (exact) mass is 346 g/mol. The maximum atomic E-state index is 13.5. The Morgan fingerprint density at radius 1 is 0.875 bits per heavy atom. The predicted octanol–water partition coefficient (Wildman–Crippen LogP) is 3.85. The summed E-state index contributed by atoms with van der Waals surface area (Å²) in [5, 5.41) is 3.48. The molecule has 0 aromatic heterocycles. The zero-order valence-electron chi connectivity index (χ0n) is 12.5. The first-order valence-electron chi connectivity index (χ1n) is 6.43. The maximum absolute atomic E-state index is 13.5. The fourth-order valence-corrected chi connectivity index (χ4v) is 1.88. The normalized spacial score (nSPS) is 11.0. The molecule has 2 aromatic rings. The van der Waals surface area contributed by atoms with Crippen molar-refractivity contribution in [3.05, 3.63) is 52.8 Å². The summed E-state index contributed by atoms with van der Waals surface area (Å²) in [7, 11) is 2.78. The lowest BCUT2D eigenvalue weighted by molar-refractivity contribution is 0.354. The average molecular weight is 346 g/mol. The van der Waals surface area contributed by atoms with Crippen LogP contribution in [0.2, 0.25) is 0 Å². The highest BCUT2D eigenvalue weighted by molar-refractivity contribution is 5.85. The van der Waals surface area contributed by atoms with E-state index >= 15 is 0 Å². The first kappa shape index (κ1) is 17.5. The number of halogens is 5. The van der Waals surface area contributed by atoms with Crippen LogP contribution in [0.25, 0.3) is 0 Å². The summed E-state index contributed by atoms with van der Waals surface area (Å²) >= 11 is 0. The van der Waals surface area contributed by atoms with Gasteiger partial charge in [-0.1, -0.05) is 6.07 Å². The van der Waals surface area contributed by atoms with Crippen molar-refractivity contribution in [2.45, 2.75) is 0 Å². The molecule has 0 aliphatic heterocycles. The molecular formula is C15H11F5N2O2. The van der Waals surface area contributed by atoms with E-state index in [9.17, 15) is 22.0 Å². The summed E-state index contributed by atoms with van der Waals surface area (Å²) in [6.45, 7) is 0. The number of hydrogen-bond acceptors (Lipinski definition) is 4. The molecule has 1 N–H and O–H groups in total. The van der Waals surface area contributed by atoms with Gasteiger partial charge in [-0.2, -0.15) is 5.10 Å². The predicted molar refractivity (Wildman–Crippen MR) is 77.0 cm³/mol. The van der Waals surface area contributed by atoms with Crippen LogP contribution in [0.3, 0.4) is 0 Å². The second kappa shape index (κ2) is 7.16. The van der Waals surface area contributed by atoms with Gasteiger partial charge in [0.05, 0.1) is 20.4 Å². The Kier molecular flexibility index (Phi) is 5.22. The molecule has 0 bridgehead atoms. The maximum Gasteiger partial charge on any atom is 0.200 e. The van der Waals surface area contributed by atoms with Crippen LogP contribution in [-0.4, -0.2) is 20.4 Å². The molecule has 0 saturated heterocycles. The minimum Gasteiger partial charge on any atom is -0.493 e. The zero-order chi connectivity index (χ0) is 17.9. The van der Waals surface area contributed by atoms with Crippen LogP contribution in [0, 0.1) is 29.1 Å². The van der Waals surface area contributed by atoms with Crippen molar-refractivity contribution in [3.8, 4) is 11.5 Å². The molecule has 0 unspecified atom stereocenters. The fourth-order valence-electron chi connectivity index (χ4n) is 1.88. The molecule has 0 heterocycles. The van der Waals surface area contributed by atoms with Crippen molar-refractivity contribution in [2.24, 2.45) is 5.10 Å². The molecule has 0 fully saturated rings. The van der Waals surface area contributed by atoms with Gasteiger partial charge >= 0.3 is 0 Å². The highest BCUT2D eigenvalue weighted by atomic mass is 19.2. The fraction of sp³-hybridized carbons (Fsp3) is 0.133. The van der Waals surface area contributed by atoms with Gasteiger partial charge in [-0.05, 0) is 12.1 Å². The molecule has 2 rings (SSSR count). The molecule has 24 heavy (non-hydrogen) atoms. The number of hydrazone groups is 1. The molecule has 128 valence electrons. The van der Waals surface area contributed by atoms with Crippen LogP contribution >= 0.6 is 0 Å². The molecule has 0 spiro atoms. The van der Waals surface area contributed by atoms with Gasteiger partial charge in [0.25, 0.3) is 0 Å². The Hall–Kier alpha value is -2.84. The van der Waals surface area contributed by atoms with Crippen LogP contribution in [0.4, 0.5) is 27.6 Å². The summed E-state index contributed by atoms with van der Waals surface area (Å²) in [5.74, 6) is -9.74. The molecule has 0 amide bonds. The average Bonchev–Trinajstić information content (AvgIpc) is 2.60. The zero-order valence-corrected chi connectivity index (χ0v) is 12.5. The van der Waals surface area contributed by atoms with E-state index in [1.165, 1.54) is 14.2 Å². The Morgan fingerprint density at radius 3 is 2.00 bits per heavy atom. The summed E-state index contributed by atoms with van der Waals surface area (Å²) in [6.07, 6.45) is 1.08. The van der Waals surface area contributed by atoms with Gasteiger partial charge in [0.15, 0.2) is 34.8 Å². The Bertz CT molecular complexity index is 767. The Balaban J connectivity index is 2.34. The Labute approximate surface area is 133 Å². The summed E-state index contributed by atoms with van der Waals surface area (Å²) in [5.41, 5.74) is 0.899. The van der Waals surface area contributed by atoms with E-state index in [4.69, 9.17) is 9.47 Å². The van der Waals surface area contributed by atoms with E-state index in [0.29, 0.717) is 11.3 Å². The third kappa shape index (κ3) is 3.10. The van der Waals surface area contributed by atoms with E-state index in [1.54, 1.807) is 23.6 Å². The number of hydrogen-bond donors (Lipinski definition) is 1. The van der Waals surface area contributed by atoms with Crippen molar-refractivity contribution in [3.63, 3.8) is 0 Å². The molecule has 0 atom stereocenters. The first-order chi connectivity index (χ1) is 11.4. The standard InChI is InChI=1S/C15H11F5N2O2/c1-23-8-5-3-4-7(15(8)24-2)6-21-22-14-12(19)10(17)9(16)11(18)13(14)20/h3-6,22H,1-2H3/b21-6+. The van der Waals surface area contributed by atoms with Gasteiger partial charge < -0.3 is 9.47 Å². The third-order valence-corrected chi connectivity index (χ3v) is 3.02. The van der Waals surface area contributed by atoms with E-state index in [-0.39, 0.29) is 5.75 Å². The van der Waals surface area contributed by atoms with Crippen LogP contribution in [0.5, 0.6) is 11.5 Å². The number of ether oxygens (including phenoxy) is 2. The van der Waals surface area contributed by atoms with Crippen LogP contribution in [-0.2, 0) is 0 Å². The van der Waals surface area contributed by atoms with Crippen LogP contribution in [0.15, 0.2) is 23.3 Å². The van der Waals surface area contributed by atoms with Crippen LogP contribution < -0.4 is 14.9 Å². The second-order valence-corrected chi connectivity index (χ2v) is 4.40. The lowest BCUT2D eigenvalue weighted by atomic mass is 10.2. The third-order valence-electron chi connectivity index (χ3n) is 3.02. The van der Waals surface area contributed by atoms with Crippen molar-refractivity contribution < 1.29 is 31.4 Å². The molecule has 0 saturated carbocycles. The van der Waals surface area contributed by atoms with Gasteiger partial charge in [0, 0.05) is 5.56 Å². The largest absolute Gasteiger partial charge is 0.493 e. The van der Waals surface area contributed by atoms with Crippen molar-refractivity contribution >= 4 is 11.9 Å². The lowest BCUT2D eigenvalue weighted by Gasteiger charge is -2.10. The summed E-state index contributed by atoms with van der Waals surface area (Å²) in [4.78, 5) is 0. The van der Waals surface area contributed by atoms with E-state index in [0.717, 1.165) is 6.21 Å². The SMILES string of the molecule is COc1cccc(/C=N/Nc2c(F)c(F)c(F)c(F)c2F)c1OC. The quantitative estimate of drug-likeness (QED) is 0.294. The van der Waals surface area contributed by atoms with Crippen LogP contribution in [0.1, 0.15) is 5.56 Å². The van der Waals surface area contributed by atoms with Gasteiger partial charge in [-0.25, -0.2) is 22.0 Å².